The van der Waals surface area contributed by atoms with E-state index in [0.29, 0.717) is 25.7 Å². The van der Waals surface area contributed by atoms with Gasteiger partial charge in [-0.1, -0.05) is 219 Å². The maximum absolute atomic E-state index is 12.9. The van der Waals surface area contributed by atoms with Gasteiger partial charge in [0.05, 0.1) is 19.8 Å². The summed E-state index contributed by atoms with van der Waals surface area (Å²) in [5.41, 5.74) is 0. The van der Waals surface area contributed by atoms with Crippen LogP contribution in [-0.2, 0) is 42.2 Å². The second-order valence-corrected chi connectivity index (χ2v) is 20.5. The molecule has 0 saturated heterocycles. The highest BCUT2D eigenvalue weighted by Gasteiger charge is 2.28. The predicted octanol–water partition coefficient (Wildman–Crippen LogP) is 17.6. The molecule has 3 unspecified atom stereocenters. The number of aliphatic hydroxyl groups excluding tert-OH is 1. The Hall–Kier alpha value is -4.12. The summed E-state index contributed by atoms with van der Waals surface area (Å²) >= 11 is 0. The third-order valence-corrected chi connectivity index (χ3v) is 12.8. The number of phosphoric ester groups is 1. The molecule has 0 rings (SSSR count). The maximum atomic E-state index is 12.9. The lowest BCUT2D eigenvalue weighted by Crippen LogP contribution is -2.30. The van der Waals surface area contributed by atoms with E-state index in [1.54, 1.807) is 0 Å². The predicted molar refractivity (Wildman–Crippen MR) is 316 cm³/mol. The molecular formula is C64H105O11P. The van der Waals surface area contributed by atoms with Gasteiger partial charge in [-0.15, -0.1) is 0 Å². The first kappa shape index (κ1) is 71.9. The zero-order valence-corrected chi connectivity index (χ0v) is 48.6. The standard InChI is InChI=1S/C64H105O11P/c1-4-7-10-13-16-19-22-25-27-29-30-32-33-36-38-41-44-47-50-53-62(66)71-57-61(75-64(68)55-52-49-46-43-40-37-34-31-28-26-23-20-17-14-11-8-5-2)59-73-76(69,70)72-58-60(56-65)74-63(67)54-51-48-45-42-39-35-24-21-18-15-12-9-6-3/h8-9,11-12,17-18,20-21,25-28,34-35,37,39,43,45-46,48,60-61,65H,4-7,10,13-16,19,22-24,29-33,36,38,40-42,44,47,49-59H2,1-3H3,(H,69,70)/b11-8-,12-9-,20-17-,21-18-,27-25-,28-26-,37-34-,39-35-,46-43-,48-45-. The summed E-state index contributed by atoms with van der Waals surface area (Å²) in [7, 11) is -4.79. The molecular weight excluding hydrogens is 976 g/mol. The second-order valence-electron chi connectivity index (χ2n) is 19.0. The number of hydrogen-bond donors (Lipinski definition) is 2. The summed E-state index contributed by atoms with van der Waals surface area (Å²) in [6, 6.07) is 0. The number of carbonyl (C=O) groups excluding carboxylic acids is 3. The van der Waals surface area contributed by atoms with Crippen molar-refractivity contribution in [2.45, 2.75) is 238 Å². The first-order valence-corrected chi connectivity index (χ1v) is 30.9. The fourth-order valence-corrected chi connectivity index (χ4v) is 8.24. The van der Waals surface area contributed by atoms with E-state index in [9.17, 15) is 28.9 Å². The lowest BCUT2D eigenvalue weighted by Gasteiger charge is -2.21. The van der Waals surface area contributed by atoms with E-state index < -0.39 is 57.8 Å². The van der Waals surface area contributed by atoms with E-state index in [1.807, 2.05) is 30.4 Å². The van der Waals surface area contributed by atoms with Crippen LogP contribution >= 0.6 is 7.82 Å². The largest absolute Gasteiger partial charge is 0.472 e. The summed E-state index contributed by atoms with van der Waals surface area (Å²) in [5, 5.41) is 9.79. The third-order valence-electron chi connectivity index (χ3n) is 11.9. The molecule has 0 aliphatic heterocycles. The van der Waals surface area contributed by atoms with Crippen LogP contribution in [0.5, 0.6) is 0 Å². The van der Waals surface area contributed by atoms with Crippen LogP contribution < -0.4 is 0 Å². The number of allylic oxidation sites excluding steroid dienone is 20. The Morgan fingerprint density at radius 3 is 1.18 bits per heavy atom. The molecule has 0 aliphatic rings. The molecule has 0 aromatic carbocycles. The average Bonchev–Trinajstić information content (AvgIpc) is 3.41. The van der Waals surface area contributed by atoms with Crippen LogP contribution in [0.2, 0.25) is 0 Å². The number of rotatable bonds is 53. The molecule has 0 saturated carbocycles. The Labute approximate surface area is 462 Å². The molecule has 432 valence electrons. The zero-order chi connectivity index (χ0) is 55.5. The third kappa shape index (κ3) is 54.7. The van der Waals surface area contributed by atoms with Crippen molar-refractivity contribution in [1.29, 1.82) is 0 Å². The summed E-state index contributed by atoms with van der Waals surface area (Å²) in [4.78, 5) is 48.5. The number of hydrogen-bond acceptors (Lipinski definition) is 10. The SMILES string of the molecule is CC/C=C\C/C=C\C/C=C\C/C=C\C/C=C\CCCC(=O)OC(COC(=O)CCCCCCCCCCC/C=C\CCCCCCCC)COP(=O)(O)OCC(CO)OC(=O)CC/C=C\C/C=C\C/C=C\C/C=C\CC. The summed E-state index contributed by atoms with van der Waals surface area (Å²) < 4.78 is 39.4. The molecule has 0 radical (unpaired) electrons. The lowest BCUT2D eigenvalue weighted by atomic mass is 10.1. The number of esters is 3. The fourth-order valence-electron chi connectivity index (χ4n) is 7.46. The van der Waals surface area contributed by atoms with Gasteiger partial charge in [0.25, 0.3) is 0 Å². The van der Waals surface area contributed by atoms with Crippen molar-refractivity contribution in [2.24, 2.45) is 0 Å². The summed E-state index contributed by atoms with van der Waals surface area (Å²) in [5.74, 6) is -1.63. The van der Waals surface area contributed by atoms with Gasteiger partial charge in [0.1, 0.15) is 12.7 Å². The van der Waals surface area contributed by atoms with E-state index in [4.69, 9.17) is 23.3 Å². The minimum absolute atomic E-state index is 0.0457. The molecule has 0 amide bonds. The Balaban J connectivity index is 4.86. The number of ether oxygens (including phenoxy) is 3. The fraction of sp³-hybridized carbons (Fsp3) is 0.641. The molecule has 11 nitrogen and oxygen atoms in total. The van der Waals surface area contributed by atoms with Crippen molar-refractivity contribution < 1.29 is 52.2 Å². The molecule has 2 N–H and O–H groups in total. The summed E-state index contributed by atoms with van der Waals surface area (Å²) in [6.45, 7) is 4.25. The van der Waals surface area contributed by atoms with Gasteiger partial charge in [0.2, 0.25) is 0 Å². The van der Waals surface area contributed by atoms with Gasteiger partial charge >= 0.3 is 25.7 Å². The van der Waals surface area contributed by atoms with E-state index in [0.717, 1.165) is 77.0 Å². The first-order chi connectivity index (χ1) is 37.2. The van der Waals surface area contributed by atoms with Crippen molar-refractivity contribution in [3.63, 3.8) is 0 Å². The molecule has 0 aromatic rings. The van der Waals surface area contributed by atoms with Crippen molar-refractivity contribution in [3.05, 3.63) is 122 Å². The molecule has 76 heavy (non-hydrogen) atoms. The van der Waals surface area contributed by atoms with Crippen molar-refractivity contribution >= 4 is 25.7 Å². The van der Waals surface area contributed by atoms with Crippen molar-refractivity contribution in [3.8, 4) is 0 Å². The highest BCUT2D eigenvalue weighted by atomic mass is 31.2. The zero-order valence-electron chi connectivity index (χ0n) is 47.7. The van der Waals surface area contributed by atoms with Crippen LogP contribution in [0.3, 0.4) is 0 Å². The molecule has 0 spiro atoms. The van der Waals surface area contributed by atoms with Gasteiger partial charge in [0, 0.05) is 19.3 Å². The molecule has 3 atom stereocenters. The van der Waals surface area contributed by atoms with Crippen LogP contribution in [0.15, 0.2) is 122 Å². The average molecular weight is 1080 g/mol. The molecule has 0 bridgehead atoms. The van der Waals surface area contributed by atoms with Gasteiger partial charge < -0.3 is 24.2 Å². The topological polar surface area (TPSA) is 155 Å². The van der Waals surface area contributed by atoms with Crippen LogP contribution in [0.25, 0.3) is 0 Å². The monoisotopic (exact) mass is 1080 g/mol. The minimum atomic E-state index is -4.79. The number of aliphatic hydroxyl groups is 1. The van der Waals surface area contributed by atoms with Gasteiger partial charge in [-0.25, -0.2) is 4.57 Å². The van der Waals surface area contributed by atoms with Crippen LogP contribution in [0, 0.1) is 0 Å². The Morgan fingerprint density at radius 1 is 0.382 bits per heavy atom. The lowest BCUT2D eigenvalue weighted by molar-refractivity contribution is -0.161. The molecule has 0 fully saturated rings. The normalized spacial score (nSPS) is 14.2. The van der Waals surface area contributed by atoms with Gasteiger partial charge in [-0.2, -0.15) is 0 Å². The van der Waals surface area contributed by atoms with Gasteiger partial charge in [-0.3, -0.25) is 23.4 Å². The van der Waals surface area contributed by atoms with Crippen LogP contribution in [0.4, 0.5) is 0 Å². The molecule has 0 heterocycles. The molecule has 0 aliphatic carbocycles. The highest BCUT2D eigenvalue weighted by Crippen LogP contribution is 2.43. The van der Waals surface area contributed by atoms with Crippen LogP contribution in [-0.4, -0.2) is 66.5 Å². The van der Waals surface area contributed by atoms with E-state index in [1.165, 1.54) is 83.5 Å². The smallest absolute Gasteiger partial charge is 0.462 e. The van der Waals surface area contributed by atoms with E-state index >= 15 is 0 Å². The van der Waals surface area contributed by atoms with Gasteiger partial charge in [0.15, 0.2) is 6.10 Å². The van der Waals surface area contributed by atoms with Crippen LogP contribution in [0.1, 0.15) is 226 Å². The summed E-state index contributed by atoms with van der Waals surface area (Å²) in [6.07, 6.45) is 70.5. The maximum Gasteiger partial charge on any atom is 0.472 e. The molecule has 0 aromatic heterocycles. The first-order valence-electron chi connectivity index (χ1n) is 29.4. The number of unbranched alkanes of at least 4 members (excludes halogenated alkanes) is 16. The second kappa shape index (κ2) is 57.1. The Morgan fingerprint density at radius 2 is 0.724 bits per heavy atom. The van der Waals surface area contributed by atoms with Crippen molar-refractivity contribution in [2.75, 3.05) is 26.4 Å². The number of carbonyl (C=O) groups is 3. The minimum Gasteiger partial charge on any atom is -0.462 e. The number of phosphoric acid groups is 1. The van der Waals surface area contributed by atoms with E-state index in [2.05, 4.69) is 112 Å². The van der Waals surface area contributed by atoms with E-state index in [-0.39, 0.29) is 25.9 Å². The van der Waals surface area contributed by atoms with Gasteiger partial charge in [-0.05, 0) is 109 Å². The highest BCUT2D eigenvalue weighted by molar-refractivity contribution is 7.47. The van der Waals surface area contributed by atoms with Crippen molar-refractivity contribution in [1.82, 2.24) is 0 Å². The quantitative estimate of drug-likeness (QED) is 0.0197. The Kier molecular flexibility index (Phi) is 54.0. The molecule has 12 heteroatoms. The Bertz CT molecular complexity index is 1740.